The largest absolute Gasteiger partial charge is 0.447 e. The van der Waals surface area contributed by atoms with Gasteiger partial charge in [-0.05, 0) is 17.7 Å². The molecular formula is C10H11ClN2O2. The standard InChI is InChI=1S/C10H11ClN2O2/c11-9-3-1-8(2-4-9)7-12-13-5-6-15-10(13)14/h1-4,12H,5-7H2. The molecule has 0 bridgehead atoms. The summed E-state index contributed by atoms with van der Waals surface area (Å²) in [6.07, 6.45) is -0.316. The Morgan fingerprint density at radius 2 is 2.13 bits per heavy atom. The number of nitrogens with one attached hydrogen (secondary N) is 1. The van der Waals surface area contributed by atoms with Gasteiger partial charge in [0.15, 0.2) is 0 Å². The molecule has 80 valence electrons. The summed E-state index contributed by atoms with van der Waals surface area (Å²) in [5.41, 5.74) is 4.05. The van der Waals surface area contributed by atoms with Crippen molar-refractivity contribution in [3.63, 3.8) is 0 Å². The van der Waals surface area contributed by atoms with Gasteiger partial charge in [0.2, 0.25) is 0 Å². The zero-order valence-electron chi connectivity index (χ0n) is 8.07. The van der Waals surface area contributed by atoms with E-state index >= 15 is 0 Å². The lowest BCUT2D eigenvalue weighted by atomic mass is 10.2. The molecule has 0 unspecified atom stereocenters. The molecule has 1 aromatic carbocycles. The first-order chi connectivity index (χ1) is 7.25. The van der Waals surface area contributed by atoms with Crippen LogP contribution < -0.4 is 5.43 Å². The van der Waals surface area contributed by atoms with Crippen molar-refractivity contribution in [1.29, 1.82) is 0 Å². The summed E-state index contributed by atoms with van der Waals surface area (Å²) in [6.45, 7) is 1.63. The smallest absolute Gasteiger partial charge is 0.424 e. The molecular weight excluding hydrogens is 216 g/mol. The van der Waals surface area contributed by atoms with Gasteiger partial charge >= 0.3 is 6.09 Å². The fraction of sp³-hybridized carbons (Fsp3) is 0.300. The summed E-state index contributed by atoms with van der Waals surface area (Å²) < 4.78 is 4.78. The SMILES string of the molecule is O=C1OCCN1NCc1ccc(Cl)cc1. The van der Waals surface area contributed by atoms with E-state index in [2.05, 4.69) is 5.43 Å². The first-order valence-corrected chi connectivity index (χ1v) is 5.06. The minimum Gasteiger partial charge on any atom is -0.447 e. The Kier molecular flexibility index (Phi) is 3.08. The van der Waals surface area contributed by atoms with Crippen LogP contribution in [0.5, 0.6) is 0 Å². The van der Waals surface area contributed by atoms with E-state index in [9.17, 15) is 4.79 Å². The van der Waals surface area contributed by atoms with Crippen LogP contribution in [-0.2, 0) is 11.3 Å². The summed E-state index contributed by atoms with van der Waals surface area (Å²) in [5, 5.41) is 2.17. The Morgan fingerprint density at radius 1 is 1.40 bits per heavy atom. The maximum Gasteiger partial charge on any atom is 0.424 e. The minimum absolute atomic E-state index is 0.316. The second-order valence-corrected chi connectivity index (χ2v) is 3.66. The van der Waals surface area contributed by atoms with Gasteiger partial charge in [0.1, 0.15) is 6.61 Å². The van der Waals surface area contributed by atoms with E-state index in [1.54, 1.807) is 0 Å². The van der Waals surface area contributed by atoms with E-state index in [1.807, 2.05) is 24.3 Å². The van der Waals surface area contributed by atoms with Gasteiger partial charge in [-0.2, -0.15) is 0 Å². The normalized spacial score (nSPS) is 15.5. The van der Waals surface area contributed by atoms with Gasteiger partial charge in [-0.25, -0.2) is 15.2 Å². The minimum atomic E-state index is -0.316. The van der Waals surface area contributed by atoms with E-state index in [0.717, 1.165) is 5.56 Å². The zero-order valence-corrected chi connectivity index (χ0v) is 8.83. The van der Waals surface area contributed by atoms with Gasteiger partial charge in [0.05, 0.1) is 6.54 Å². The molecule has 1 saturated heterocycles. The van der Waals surface area contributed by atoms with E-state index in [4.69, 9.17) is 16.3 Å². The number of benzene rings is 1. The number of rotatable bonds is 3. The topological polar surface area (TPSA) is 41.6 Å². The number of nitrogens with zero attached hydrogens (tertiary/aromatic N) is 1. The van der Waals surface area contributed by atoms with Crippen molar-refractivity contribution in [3.05, 3.63) is 34.9 Å². The van der Waals surface area contributed by atoms with Crippen molar-refractivity contribution in [2.75, 3.05) is 13.2 Å². The molecule has 0 aromatic heterocycles. The number of ether oxygens (including phenoxy) is 1. The Bertz CT molecular complexity index is 353. The van der Waals surface area contributed by atoms with E-state index in [1.165, 1.54) is 5.01 Å². The lowest BCUT2D eigenvalue weighted by Gasteiger charge is -2.13. The van der Waals surface area contributed by atoms with Crippen LogP contribution in [-0.4, -0.2) is 24.3 Å². The van der Waals surface area contributed by atoms with Crippen LogP contribution in [0.3, 0.4) is 0 Å². The lowest BCUT2D eigenvalue weighted by molar-refractivity contribution is 0.145. The van der Waals surface area contributed by atoms with Gasteiger partial charge in [0, 0.05) is 11.6 Å². The third-order valence-electron chi connectivity index (χ3n) is 2.15. The number of carbonyl (C=O) groups excluding carboxylic acids is 1. The maximum atomic E-state index is 11.1. The fourth-order valence-corrected chi connectivity index (χ4v) is 1.45. The first-order valence-electron chi connectivity index (χ1n) is 4.68. The third-order valence-corrected chi connectivity index (χ3v) is 2.40. The molecule has 15 heavy (non-hydrogen) atoms. The summed E-state index contributed by atoms with van der Waals surface area (Å²) in [5.74, 6) is 0. The molecule has 1 fully saturated rings. The molecule has 1 aliphatic heterocycles. The van der Waals surface area contributed by atoms with Gasteiger partial charge in [-0.3, -0.25) is 0 Å². The van der Waals surface area contributed by atoms with Crippen molar-refractivity contribution in [1.82, 2.24) is 10.4 Å². The molecule has 0 spiro atoms. The predicted octanol–water partition coefficient (Wildman–Crippen LogP) is 1.80. The highest BCUT2D eigenvalue weighted by molar-refractivity contribution is 6.30. The number of hydrogen-bond donors (Lipinski definition) is 1. The molecule has 2 rings (SSSR count). The number of carbonyl (C=O) groups is 1. The molecule has 0 saturated carbocycles. The predicted molar refractivity (Wildman–Crippen MR) is 56.3 cm³/mol. The molecule has 1 N–H and O–H groups in total. The molecule has 4 nitrogen and oxygen atoms in total. The van der Waals surface area contributed by atoms with Crippen LogP contribution in [0.25, 0.3) is 0 Å². The Labute approximate surface area is 92.7 Å². The molecule has 1 aromatic rings. The number of hydrogen-bond acceptors (Lipinski definition) is 3. The van der Waals surface area contributed by atoms with E-state index in [0.29, 0.717) is 24.7 Å². The maximum absolute atomic E-state index is 11.1. The monoisotopic (exact) mass is 226 g/mol. The van der Waals surface area contributed by atoms with Gasteiger partial charge < -0.3 is 4.74 Å². The highest BCUT2D eigenvalue weighted by atomic mass is 35.5. The fourth-order valence-electron chi connectivity index (χ4n) is 1.33. The Morgan fingerprint density at radius 3 is 2.73 bits per heavy atom. The van der Waals surface area contributed by atoms with Crippen molar-refractivity contribution in [2.24, 2.45) is 0 Å². The van der Waals surface area contributed by atoms with Crippen LogP contribution in [0.4, 0.5) is 4.79 Å². The summed E-state index contributed by atoms with van der Waals surface area (Å²) in [4.78, 5) is 11.1. The quantitative estimate of drug-likeness (QED) is 0.855. The highest BCUT2D eigenvalue weighted by Gasteiger charge is 2.20. The van der Waals surface area contributed by atoms with Crippen LogP contribution in [0.1, 0.15) is 5.56 Å². The molecule has 1 heterocycles. The van der Waals surface area contributed by atoms with Gasteiger partial charge in [-0.15, -0.1) is 0 Å². The lowest BCUT2D eigenvalue weighted by Crippen LogP contribution is -2.37. The van der Waals surface area contributed by atoms with E-state index < -0.39 is 0 Å². The van der Waals surface area contributed by atoms with Crippen molar-refractivity contribution < 1.29 is 9.53 Å². The number of amides is 1. The molecule has 1 aliphatic rings. The summed E-state index contributed by atoms with van der Waals surface area (Å²) >= 11 is 5.76. The molecule has 0 atom stereocenters. The van der Waals surface area contributed by atoms with Crippen molar-refractivity contribution >= 4 is 17.7 Å². The van der Waals surface area contributed by atoms with Crippen molar-refractivity contribution in [3.8, 4) is 0 Å². The van der Waals surface area contributed by atoms with E-state index in [-0.39, 0.29) is 6.09 Å². The Balaban J connectivity index is 1.87. The average Bonchev–Trinajstić information content (AvgIpc) is 2.63. The number of hydrazine groups is 1. The summed E-state index contributed by atoms with van der Waals surface area (Å²) in [7, 11) is 0. The Hall–Kier alpha value is -1.26. The van der Waals surface area contributed by atoms with Crippen LogP contribution in [0.2, 0.25) is 5.02 Å². The summed E-state index contributed by atoms with van der Waals surface area (Å²) in [6, 6.07) is 7.47. The van der Waals surface area contributed by atoms with Crippen LogP contribution in [0.15, 0.2) is 24.3 Å². The van der Waals surface area contributed by atoms with Crippen LogP contribution in [0, 0.1) is 0 Å². The van der Waals surface area contributed by atoms with Gasteiger partial charge in [0.25, 0.3) is 0 Å². The zero-order chi connectivity index (χ0) is 10.7. The van der Waals surface area contributed by atoms with Crippen molar-refractivity contribution in [2.45, 2.75) is 6.54 Å². The molecule has 1 amide bonds. The average molecular weight is 227 g/mol. The molecule has 5 heteroatoms. The second kappa shape index (κ2) is 4.51. The van der Waals surface area contributed by atoms with Gasteiger partial charge in [-0.1, -0.05) is 23.7 Å². The first kappa shape index (κ1) is 10.3. The third kappa shape index (κ3) is 2.61. The second-order valence-electron chi connectivity index (χ2n) is 3.23. The molecule has 0 aliphatic carbocycles. The van der Waals surface area contributed by atoms with Crippen LogP contribution >= 0.6 is 11.6 Å². The highest BCUT2D eigenvalue weighted by Crippen LogP contribution is 2.09. The molecule has 0 radical (unpaired) electrons. The number of cyclic esters (lactones) is 1. The number of halogens is 1.